The van der Waals surface area contributed by atoms with Crippen molar-refractivity contribution in [3.05, 3.63) is 35.5 Å². The van der Waals surface area contributed by atoms with E-state index in [2.05, 4.69) is 41.1 Å². The van der Waals surface area contributed by atoms with E-state index in [9.17, 15) is 4.79 Å². The number of H-pyrrole nitrogens is 1. The fraction of sp³-hybridized carbons (Fsp3) is 0.571. The summed E-state index contributed by atoms with van der Waals surface area (Å²) in [5.74, 6) is 1.12. The molecule has 1 aromatic carbocycles. The van der Waals surface area contributed by atoms with Gasteiger partial charge in [0.15, 0.2) is 0 Å². The number of hydrogen-bond donors (Lipinski definition) is 1. The number of nitrogens with one attached hydrogen (secondary N) is 1. The monoisotopic (exact) mass is 338 g/mol. The standard InChI is InChI=1S/C21H26N2O2/c1-3-14-10-13-11-21(20(24)25-2)18-16(8-9-23(12-13)19(14)21)15-6-4-5-7-17(15)22-18/h4-7,13-14,19,22H,3,8-12H2,1-2H3/t13-,14+,19+,21-/m1/s1. The first-order valence-electron chi connectivity index (χ1n) is 9.61. The first-order valence-corrected chi connectivity index (χ1v) is 9.61. The van der Waals surface area contributed by atoms with Gasteiger partial charge in [0.25, 0.3) is 0 Å². The minimum absolute atomic E-state index is 0.0416. The molecule has 132 valence electrons. The predicted molar refractivity (Wildman–Crippen MR) is 97.6 cm³/mol. The largest absolute Gasteiger partial charge is 0.468 e. The number of benzene rings is 1. The first-order chi connectivity index (χ1) is 12.2. The lowest BCUT2D eigenvalue weighted by Gasteiger charge is -2.57. The molecule has 0 radical (unpaired) electrons. The molecule has 4 heterocycles. The average molecular weight is 338 g/mol. The van der Waals surface area contributed by atoms with Gasteiger partial charge in [-0.05, 0) is 42.7 Å². The predicted octanol–water partition coefficient (Wildman–Crippen LogP) is 3.26. The molecule has 1 N–H and O–H groups in total. The summed E-state index contributed by atoms with van der Waals surface area (Å²) in [5.41, 5.74) is 3.11. The molecule has 0 spiro atoms. The summed E-state index contributed by atoms with van der Waals surface area (Å²) in [6, 6.07) is 8.75. The molecule has 6 rings (SSSR count). The van der Waals surface area contributed by atoms with Crippen molar-refractivity contribution in [1.29, 1.82) is 0 Å². The Labute approximate surface area is 148 Å². The van der Waals surface area contributed by atoms with Crippen LogP contribution in [0.5, 0.6) is 0 Å². The Bertz CT molecular complexity index is 842. The van der Waals surface area contributed by atoms with Crippen molar-refractivity contribution >= 4 is 16.9 Å². The van der Waals surface area contributed by atoms with E-state index < -0.39 is 5.41 Å². The highest BCUT2D eigenvalue weighted by Gasteiger charge is 2.62. The second-order valence-corrected chi connectivity index (χ2v) is 8.15. The lowest BCUT2D eigenvalue weighted by Crippen LogP contribution is -2.67. The minimum Gasteiger partial charge on any atom is -0.468 e. The number of esters is 1. The number of methoxy groups -OCH3 is 1. The van der Waals surface area contributed by atoms with Gasteiger partial charge in [-0.15, -0.1) is 0 Å². The van der Waals surface area contributed by atoms with Gasteiger partial charge in [-0.25, -0.2) is 0 Å². The molecule has 4 nitrogen and oxygen atoms in total. The Morgan fingerprint density at radius 1 is 1.40 bits per heavy atom. The number of aromatic amines is 1. The number of piperidine rings is 2. The summed E-state index contributed by atoms with van der Waals surface area (Å²) in [6.07, 6.45) is 4.33. The molecular formula is C21H26N2O2. The summed E-state index contributed by atoms with van der Waals surface area (Å²) in [6.45, 7) is 4.46. The maximum atomic E-state index is 13.3. The van der Waals surface area contributed by atoms with Gasteiger partial charge in [-0.2, -0.15) is 0 Å². The van der Waals surface area contributed by atoms with Crippen LogP contribution in [-0.4, -0.2) is 42.1 Å². The number of carbonyl (C=O) groups is 1. The Kier molecular flexibility index (Phi) is 3.30. The molecule has 1 unspecified atom stereocenters. The van der Waals surface area contributed by atoms with Crippen LogP contribution < -0.4 is 0 Å². The Morgan fingerprint density at radius 3 is 3.04 bits per heavy atom. The SMILES string of the molecule is CC[C@H]1C[C@H]2CN3CCc4c([nH]c5ccccc45)[C@](C(=O)OC)(C2)[C@H]13. The molecule has 3 aliphatic heterocycles. The van der Waals surface area contributed by atoms with Crippen LogP contribution in [0, 0.1) is 11.8 Å². The van der Waals surface area contributed by atoms with Gasteiger partial charge in [0.05, 0.1) is 7.11 Å². The van der Waals surface area contributed by atoms with Gasteiger partial charge in [0.2, 0.25) is 0 Å². The van der Waals surface area contributed by atoms with Crippen LogP contribution in [0.1, 0.15) is 37.4 Å². The Morgan fingerprint density at radius 2 is 2.24 bits per heavy atom. The van der Waals surface area contributed by atoms with Crippen LogP contribution in [0.25, 0.3) is 10.9 Å². The lowest BCUT2D eigenvalue weighted by atomic mass is 9.56. The van der Waals surface area contributed by atoms with E-state index in [4.69, 9.17) is 4.74 Å². The van der Waals surface area contributed by atoms with Gasteiger partial charge in [-0.3, -0.25) is 9.69 Å². The first kappa shape index (κ1) is 15.4. The third-order valence-electron chi connectivity index (χ3n) is 7.07. The number of hydrogen-bond acceptors (Lipinski definition) is 3. The minimum atomic E-state index is -0.526. The van der Waals surface area contributed by atoms with Crippen molar-refractivity contribution in [3.8, 4) is 0 Å². The Hall–Kier alpha value is -1.81. The van der Waals surface area contributed by atoms with Gasteiger partial charge < -0.3 is 9.72 Å². The average Bonchev–Trinajstić information content (AvgIpc) is 3.00. The van der Waals surface area contributed by atoms with Crippen LogP contribution in [0.2, 0.25) is 0 Å². The van der Waals surface area contributed by atoms with Gasteiger partial charge in [0.1, 0.15) is 5.41 Å². The van der Waals surface area contributed by atoms with E-state index in [1.54, 1.807) is 7.11 Å². The fourth-order valence-corrected chi connectivity index (χ4v) is 6.27. The maximum Gasteiger partial charge on any atom is 0.319 e. The second-order valence-electron chi connectivity index (χ2n) is 8.15. The molecule has 4 aliphatic rings. The van der Waals surface area contributed by atoms with E-state index in [1.165, 1.54) is 17.4 Å². The molecule has 3 fully saturated rings. The van der Waals surface area contributed by atoms with E-state index in [0.29, 0.717) is 11.8 Å². The summed E-state index contributed by atoms with van der Waals surface area (Å²) >= 11 is 0. The lowest BCUT2D eigenvalue weighted by molar-refractivity contribution is -0.162. The number of carbonyl (C=O) groups excluding carboxylic acids is 1. The van der Waals surface area contributed by atoms with Gasteiger partial charge in [-0.1, -0.05) is 31.5 Å². The highest BCUT2D eigenvalue weighted by Crippen LogP contribution is 2.55. The number of ether oxygens (including phenoxy) is 1. The fourth-order valence-electron chi connectivity index (χ4n) is 6.27. The molecule has 1 aromatic heterocycles. The number of para-hydroxylation sites is 1. The second kappa shape index (κ2) is 5.34. The highest BCUT2D eigenvalue weighted by atomic mass is 16.5. The number of nitrogens with zero attached hydrogens (tertiary/aromatic N) is 1. The molecule has 1 saturated carbocycles. The number of rotatable bonds is 2. The van der Waals surface area contributed by atoms with Crippen LogP contribution in [0.15, 0.2) is 24.3 Å². The summed E-state index contributed by atoms with van der Waals surface area (Å²) in [7, 11) is 1.55. The normalized spacial score (nSPS) is 36.1. The molecule has 1 aliphatic carbocycles. The zero-order valence-corrected chi connectivity index (χ0v) is 15.0. The molecule has 2 saturated heterocycles. The molecule has 0 amide bonds. The van der Waals surface area contributed by atoms with E-state index in [-0.39, 0.29) is 12.0 Å². The van der Waals surface area contributed by atoms with Crippen molar-refractivity contribution in [2.75, 3.05) is 20.2 Å². The molecule has 25 heavy (non-hydrogen) atoms. The van der Waals surface area contributed by atoms with Crippen molar-refractivity contribution in [2.24, 2.45) is 11.8 Å². The number of aromatic nitrogens is 1. The van der Waals surface area contributed by atoms with Gasteiger partial charge in [0, 0.05) is 35.7 Å². The van der Waals surface area contributed by atoms with Crippen molar-refractivity contribution in [2.45, 2.75) is 44.1 Å². The van der Waals surface area contributed by atoms with Crippen LogP contribution >= 0.6 is 0 Å². The highest BCUT2D eigenvalue weighted by molar-refractivity contribution is 5.91. The maximum absolute atomic E-state index is 13.3. The van der Waals surface area contributed by atoms with Crippen LogP contribution in [0.4, 0.5) is 0 Å². The summed E-state index contributed by atoms with van der Waals surface area (Å²) < 4.78 is 5.43. The summed E-state index contributed by atoms with van der Waals surface area (Å²) in [5, 5.41) is 1.28. The van der Waals surface area contributed by atoms with E-state index in [1.807, 2.05) is 0 Å². The van der Waals surface area contributed by atoms with Crippen LogP contribution in [0.3, 0.4) is 0 Å². The molecule has 4 bridgehead atoms. The Balaban J connectivity index is 1.81. The molecular weight excluding hydrogens is 312 g/mol. The van der Waals surface area contributed by atoms with E-state index in [0.717, 1.165) is 43.6 Å². The van der Waals surface area contributed by atoms with Crippen molar-refractivity contribution < 1.29 is 9.53 Å². The molecule has 5 atom stereocenters. The van der Waals surface area contributed by atoms with Crippen molar-refractivity contribution in [3.63, 3.8) is 0 Å². The van der Waals surface area contributed by atoms with Crippen LogP contribution in [-0.2, 0) is 21.4 Å². The number of fused-ring (bicyclic) bond motifs is 4. The summed E-state index contributed by atoms with van der Waals surface area (Å²) in [4.78, 5) is 19.5. The van der Waals surface area contributed by atoms with E-state index >= 15 is 0 Å². The zero-order valence-electron chi connectivity index (χ0n) is 15.0. The zero-order chi connectivity index (χ0) is 17.2. The van der Waals surface area contributed by atoms with Crippen molar-refractivity contribution in [1.82, 2.24) is 9.88 Å². The van der Waals surface area contributed by atoms with Gasteiger partial charge >= 0.3 is 5.97 Å². The third kappa shape index (κ3) is 1.89. The smallest absolute Gasteiger partial charge is 0.319 e. The topological polar surface area (TPSA) is 45.3 Å². The third-order valence-corrected chi connectivity index (χ3v) is 7.07. The molecule has 4 heteroatoms. The quantitative estimate of drug-likeness (QED) is 0.855. The molecule has 2 aromatic rings.